The Morgan fingerprint density at radius 1 is 1.36 bits per heavy atom. The third-order valence-electron chi connectivity index (χ3n) is 3.28. The molecule has 0 aliphatic carbocycles. The number of aliphatic carboxylic acids is 1. The van der Waals surface area contributed by atoms with Crippen LogP contribution >= 0.6 is 22.6 Å². The molecule has 0 radical (unpaired) electrons. The second kappa shape index (κ2) is 5.95. The molecule has 2 aromatic rings. The molecule has 0 aliphatic rings. The highest BCUT2D eigenvalue weighted by Gasteiger charge is 2.22. The Bertz CT molecular complexity index is 857. The van der Waals surface area contributed by atoms with Crippen molar-refractivity contribution in [3.63, 3.8) is 0 Å². The number of halogens is 1. The molecule has 1 amide bonds. The van der Waals surface area contributed by atoms with Crippen molar-refractivity contribution >= 4 is 45.4 Å². The summed E-state index contributed by atoms with van der Waals surface area (Å²) in [7, 11) is 1.49. The molecule has 22 heavy (non-hydrogen) atoms. The number of nitrogens with zero attached hydrogens (tertiary/aromatic N) is 1. The lowest BCUT2D eigenvalue weighted by Crippen LogP contribution is -2.35. The van der Waals surface area contributed by atoms with Crippen LogP contribution in [0.2, 0.25) is 0 Å². The number of rotatable bonds is 3. The third kappa shape index (κ3) is 2.78. The van der Waals surface area contributed by atoms with Gasteiger partial charge in [-0.2, -0.15) is 0 Å². The number of pyridine rings is 1. The van der Waals surface area contributed by atoms with Gasteiger partial charge < -0.3 is 20.1 Å². The van der Waals surface area contributed by atoms with Gasteiger partial charge in [0.15, 0.2) is 0 Å². The van der Waals surface area contributed by atoms with Crippen molar-refractivity contribution in [2.45, 2.75) is 6.92 Å². The molecule has 0 fully saturated rings. The fourth-order valence-corrected chi connectivity index (χ4v) is 2.56. The molecule has 0 unspecified atom stereocenters. The molecule has 0 bridgehead atoms. The summed E-state index contributed by atoms with van der Waals surface area (Å²) in [6.45, 7) is 1.24. The molecule has 3 N–H and O–H groups in total. The molecule has 1 aromatic carbocycles. The fraction of sp³-hybridized carbons (Fsp3) is 0.214. The predicted molar refractivity (Wildman–Crippen MR) is 88.3 cm³/mol. The quantitative estimate of drug-likeness (QED) is 0.647. The number of carbonyl (C=O) groups excluding carboxylic acids is 1. The van der Waals surface area contributed by atoms with Crippen molar-refractivity contribution in [3.8, 4) is 5.75 Å². The molecule has 116 valence electrons. The van der Waals surface area contributed by atoms with Gasteiger partial charge in [-0.15, -0.1) is 0 Å². The van der Waals surface area contributed by atoms with Crippen molar-refractivity contribution in [2.24, 2.45) is 7.05 Å². The molecule has 8 heteroatoms. The van der Waals surface area contributed by atoms with E-state index in [-0.39, 0.29) is 0 Å². The van der Waals surface area contributed by atoms with Gasteiger partial charge in [-0.1, -0.05) is 0 Å². The van der Waals surface area contributed by atoms with Crippen molar-refractivity contribution in [3.05, 3.63) is 37.2 Å². The van der Waals surface area contributed by atoms with Gasteiger partial charge in [0.1, 0.15) is 17.9 Å². The molecule has 0 aliphatic heterocycles. The molecule has 1 heterocycles. The zero-order chi connectivity index (χ0) is 16.6. The van der Waals surface area contributed by atoms with Gasteiger partial charge in [-0.05, 0) is 47.2 Å². The number of hydrogen-bond donors (Lipinski definition) is 3. The maximum absolute atomic E-state index is 12.3. The summed E-state index contributed by atoms with van der Waals surface area (Å²) in [4.78, 5) is 34.8. The number of aromatic hydroxyl groups is 1. The van der Waals surface area contributed by atoms with E-state index >= 15 is 0 Å². The third-order valence-corrected chi connectivity index (χ3v) is 4.44. The average Bonchev–Trinajstić information content (AvgIpc) is 2.45. The number of fused-ring (bicyclic) bond motifs is 1. The van der Waals surface area contributed by atoms with E-state index in [1.807, 2.05) is 6.92 Å². The monoisotopic (exact) mass is 416 g/mol. The predicted octanol–water partition coefficient (Wildman–Crippen LogP) is 0.972. The number of carboxylic acid groups (broad SMARTS) is 1. The van der Waals surface area contributed by atoms with E-state index in [1.54, 1.807) is 12.1 Å². The second-order valence-corrected chi connectivity index (χ2v) is 5.94. The highest BCUT2D eigenvalue weighted by molar-refractivity contribution is 14.1. The second-order valence-electron chi connectivity index (χ2n) is 4.78. The summed E-state index contributed by atoms with van der Waals surface area (Å²) in [6.07, 6.45) is 0. The van der Waals surface area contributed by atoms with Crippen molar-refractivity contribution in [2.75, 3.05) is 6.54 Å². The molecule has 0 saturated carbocycles. The van der Waals surface area contributed by atoms with Crippen LogP contribution in [0.4, 0.5) is 0 Å². The Kier molecular flexibility index (Phi) is 4.40. The lowest BCUT2D eigenvalue weighted by Gasteiger charge is -2.13. The minimum Gasteiger partial charge on any atom is -0.506 e. The summed E-state index contributed by atoms with van der Waals surface area (Å²) >= 11 is 2.09. The Hall–Kier alpha value is -2.10. The van der Waals surface area contributed by atoms with Crippen LogP contribution in [0.5, 0.6) is 5.75 Å². The number of aromatic nitrogens is 1. The first-order valence-electron chi connectivity index (χ1n) is 6.25. The molecule has 1 aromatic heterocycles. The van der Waals surface area contributed by atoms with Gasteiger partial charge in [0.25, 0.3) is 11.5 Å². The Morgan fingerprint density at radius 2 is 2.00 bits per heavy atom. The SMILES string of the molecule is Cc1cc2c(cc1I)c(O)c(C(=O)NCC(=O)O)c(=O)n2C. The smallest absolute Gasteiger partial charge is 0.322 e. The highest BCUT2D eigenvalue weighted by atomic mass is 127. The molecule has 0 saturated heterocycles. The van der Waals surface area contributed by atoms with Crippen molar-refractivity contribution in [1.29, 1.82) is 0 Å². The van der Waals surface area contributed by atoms with Crippen LogP contribution in [-0.2, 0) is 11.8 Å². The number of nitrogens with one attached hydrogen (secondary N) is 1. The zero-order valence-corrected chi connectivity index (χ0v) is 14.0. The summed E-state index contributed by atoms with van der Waals surface area (Å²) in [5.41, 5.74) is 0.283. The van der Waals surface area contributed by atoms with E-state index in [9.17, 15) is 19.5 Å². The molecule has 0 spiro atoms. The van der Waals surface area contributed by atoms with E-state index < -0.39 is 35.3 Å². The summed E-state index contributed by atoms with van der Waals surface area (Å²) in [5, 5.41) is 21.3. The van der Waals surface area contributed by atoms with E-state index in [4.69, 9.17) is 5.11 Å². The molecular formula is C14H13IN2O5. The largest absolute Gasteiger partial charge is 0.506 e. The summed E-state index contributed by atoms with van der Waals surface area (Å²) < 4.78 is 2.13. The van der Waals surface area contributed by atoms with Gasteiger partial charge in [-0.25, -0.2) is 0 Å². The van der Waals surface area contributed by atoms with E-state index in [2.05, 4.69) is 27.9 Å². The first-order chi connectivity index (χ1) is 10.2. The first-order valence-corrected chi connectivity index (χ1v) is 7.33. The van der Waals surface area contributed by atoms with Gasteiger partial charge in [0.05, 0.1) is 5.52 Å². The minimum atomic E-state index is -1.24. The number of benzene rings is 1. The van der Waals surface area contributed by atoms with Crippen molar-refractivity contribution < 1.29 is 19.8 Å². The molecule has 7 nitrogen and oxygen atoms in total. The Morgan fingerprint density at radius 3 is 2.59 bits per heavy atom. The Labute approximate surface area is 138 Å². The molecule has 0 atom stereocenters. The van der Waals surface area contributed by atoms with Gasteiger partial charge in [0.2, 0.25) is 0 Å². The van der Waals surface area contributed by atoms with Crippen molar-refractivity contribution in [1.82, 2.24) is 9.88 Å². The molecule has 2 rings (SSSR count). The zero-order valence-electron chi connectivity index (χ0n) is 11.8. The number of aryl methyl sites for hydroxylation is 2. The number of amides is 1. The lowest BCUT2D eigenvalue weighted by molar-refractivity contribution is -0.135. The maximum Gasteiger partial charge on any atom is 0.322 e. The first kappa shape index (κ1) is 16.3. The number of hydrogen-bond acceptors (Lipinski definition) is 4. The number of carbonyl (C=O) groups is 2. The lowest BCUT2D eigenvalue weighted by atomic mass is 10.1. The maximum atomic E-state index is 12.3. The minimum absolute atomic E-state index is 0.359. The Balaban J connectivity index is 2.71. The summed E-state index contributed by atoms with van der Waals surface area (Å²) in [6, 6.07) is 3.42. The number of carboxylic acids is 1. The normalized spacial score (nSPS) is 10.7. The van der Waals surface area contributed by atoms with Crippen LogP contribution < -0.4 is 10.9 Å². The highest BCUT2D eigenvalue weighted by Crippen LogP contribution is 2.29. The van der Waals surface area contributed by atoms with E-state index in [1.165, 1.54) is 11.6 Å². The standard InChI is InChI=1S/C14H13IN2O5/c1-6-3-9-7(4-8(6)15)12(20)11(14(22)17(9)2)13(21)16-5-10(18)19/h3-4,20H,5H2,1-2H3,(H,16,21)(H,18,19). The average molecular weight is 416 g/mol. The van der Waals surface area contributed by atoms with Gasteiger partial charge in [0, 0.05) is 16.0 Å². The van der Waals surface area contributed by atoms with Crippen LogP contribution in [0.15, 0.2) is 16.9 Å². The van der Waals surface area contributed by atoms with E-state index in [0.29, 0.717) is 10.9 Å². The summed E-state index contributed by atoms with van der Waals surface area (Å²) in [5.74, 6) is -2.60. The topological polar surface area (TPSA) is 109 Å². The van der Waals surface area contributed by atoms with Crippen LogP contribution in [0.25, 0.3) is 10.9 Å². The fourth-order valence-electron chi connectivity index (χ4n) is 2.10. The van der Waals surface area contributed by atoms with Crippen LogP contribution in [-0.4, -0.2) is 33.2 Å². The van der Waals surface area contributed by atoms with Gasteiger partial charge >= 0.3 is 5.97 Å². The van der Waals surface area contributed by atoms with E-state index in [0.717, 1.165) is 9.13 Å². The van der Waals surface area contributed by atoms with Gasteiger partial charge in [-0.3, -0.25) is 14.4 Å². The van der Waals surface area contributed by atoms with Crippen LogP contribution in [0, 0.1) is 10.5 Å². The molecular weight excluding hydrogens is 403 g/mol. The van der Waals surface area contributed by atoms with Crippen LogP contribution in [0.3, 0.4) is 0 Å². The van der Waals surface area contributed by atoms with Crippen LogP contribution in [0.1, 0.15) is 15.9 Å².